The van der Waals surface area contributed by atoms with Crippen LogP contribution in [-0.2, 0) is 32.1 Å². The summed E-state index contributed by atoms with van der Waals surface area (Å²) >= 11 is 13.3. The van der Waals surface area contributed by atoms with E-state index in [1.165, 1.54) is 0 Å². The maximum Gasteiger partial charge on any atom is 0.170 e. The van der Waals surface area contributed by atoms with E-state index in [-0.39, 0.29) is 19.0 Å². The summed E-state index contributed by atoms with van der Waals surface area (Å²) in [6.07, 6.45) is 4.90. The van der Waals surface area contributed by atoms with Gasteiger partial charge in [-0.3, -0.25) is 19.6 Å². The molecule has 2 aromatic heterocycles. The van der Waals surface area contributed by atoms with E-state index >= 15 is 0 Å². The summed E-state index contributed by atoms with van der Waals surface area (Å²) in [5, 5.41) is 0. The van der Waals surface area contributed by atoms with Gasteiger partial charge in [0.15, 0.2) is 9.02 Å². The van der Waals surface area contributed by atoms with Gasteiger partial charge in [-0.2, -0.15) is 0 Å². The molecule has 25 heavy (non-hydrogen) atoms. The Morgan fingerprint density at radius 1 is 0.880 bits per heavy atom. The average molecular weight is 598 g/mol. The second-order valence-corrected chi connectivity index (χ2v) is 10.7. The first kappa shape index (κ1) is 20.9. The number of alkyl halides is 2. The Morgan fingerprint density at radius 3 is 2.16 bits per heavy atom. The van der Waals surface area contributed by atoms with Crippen LogP contribution in [0.3, 0.4) is 0 Å². The van der Waals surface area contributed by atoms with Gasteiger partial charge in [-0.05, 0) is 49.6 Å². The highest BCUT2D eigenvalue weighted by Gasteiger charge is 2.42. The molecule has 0 spiro atoms. The molecule has 2 aliphatic carbocycles. The zero-order valence-corrected chi connectivity index (χ0v) is 18.5. The van der Waals surface area contributed by atoms with E-state index in [1.54, 1.807) is 12.4 Å². The summed E-state index contributed by atoms with van der Waals surface area (Å²) in [5.41, 5.74) is 3.75. The van der Waals surface area contributed by atoms with E-state index in [1.807, 2.05) is 12.1 Å². The van der Waals surface area contributed by atoms with E-state index in [2.05, 4.69) is 73.7 Å². The van der Waals surface area contributed by atoms with Crippen LogP contribution in [0, 0.1) is 0 Å². The molecule has 132 valence electrons. The van der Waals surface area contributed by atoms with Crippen molar-refractivity contribution in [3.05, 3.63) is 56.0 Å². The van der Waals surface area contributed by atoms with Crippen molar-refractivity contribution < 1.29 is 9.59 Å². The summed E-state index contributed by atoms with van der Waals surface area (Å²) in [5.74, 6) is 0.360. The maximum absolute atomic E-state index is 11.5. The van der Waals surface area contributed by atoms with Crippen LogP contribution in [-0.4, -0.2) is 21.5 Å². The third kappa shape index (κ3) is 4.46. The van der Waals surface area contributed by atoms with Crippen LogP contribution in [0.1, 0.15) is 29.9 Å². The smallest absolute Gasteiger partial charge is 0.170 e. The van der Waals surface area contributed by atoms with E-state index in [0.29, 0.717) is 19.3 Å². The number of aromatic nitrogens is 2. The Bertz CT molecular complexity index is 853. The van der Waals surface area contributed by atoms with Crippen molar-refractivity contribution in [2.24, 2.45) is 0 Å². The molecule has 4 nitrogen and oxygen atoms in total. The second-order valence-electron chi connectivity index (χ2n) is 5.47. The van der Waals surface area contributed by atoms with E-state index in [4.69, 9.17) is 0 Å². The molecule has 0 aromatic carbocycles. The monoisotopic (exact) mass is 594 g/mol. The molecule has 2 heterocycles. The van der Waals surface area contributed by atoms with Crippen molar-refractivity contribution >= 4 is 75.3 Å². The van der Waals surface area contributed by atoms with Crippen LogP contribution in [0.4, 0.5) is 0 Å². The molecule has 0 saturated carbocycles. The predicted octanol–water partition coefficient (Wildman–Crippen LogP) is 5.06. The number of nitrogens with zero attached hydrogens (tertiary/aromatic N) is 2. The SMILES string of the molecule is C.O=C1Cc2cc(Br)cnc2C1.O=C1Cc2ncc(Br)cc2C1(Br)Br. The normalized spacial score (nSPS) is 16.5. The molecule has 2 aliphatic rings. The lowest BCUT2D eigenvalue weighted by Crippen LogP contribution is -2.15. The molecule has 2 aromatic rings. The van der Waals surface area contributed by atoms with Crippen LogP contribution < -0.4 is 0 Å². The number of carbonyl (C=O) groups excluding carboxylic acids is 2. The first-order valence-electron chi connectivity index (χ1n) is 6.98. The minimum atomic E-state index is -0.730. The number of pyridine rings is 2. The van der Waals surface area contributed by atoms with Crippen LogP contribution >= 0.6 is 63.7 Å². The molecule has 0 amide bonds. The van der Waals surface area contributed by atoms with Crippen molar-refractivity contribution in [2.75, 3.05) is 0 Å². The zero-order valence-electron chi connectivity index (χ0n) is 12.2. The lowest BCUT2D eigenvalue weighted by atomic mass is 10.2. The van der Waals surface area contributed by atoms with E-state index in [0.717, 1.165) is 31.5 Å². The number of carbonyl (C=O) groups is 2. The average Bonchev–Trinajstić information content (AvgIpc) is 2.98. The van der Waals surface area contributed by atoms with Gasteiger partial charge in [0.1, 0.15) is 5.78 Å². The third-order valence-corrected chi connectivity index (χ3v) is 6.34. The van der Waals surface area contributed by atoms with Crippen molar-refractivity contribution in [1.82, 2.24) is 9.97 Å². The van der Waals surface area contributed by atoms with Crippen molar-refractivity contribution in [3.63, 3.8) is 0 Å². The number of halogens is 4. The number of fused-ring (bicyclic) bond motifs is 2. The minimum Gasteiger partial charge on any atom is -0.299 e. The number of hydrogen-bond donors (Lipinski definition) is 0. The van der Waals surface area contributed by atoms with Crippen molar-refractivity contribution in [2.45, 2.75) is 29.9 Å². The summed E-state index contributed by atoms with van der Waals surface area (Å²) in [6.45, 7) is 0. The van der Waals surface area contributed by atoms with Gasteiger partial charge in [-0.1, -0.05) is 39.3 Å². The summed E-state index contributed by atoms with van der Waals surface area (Å²) in [4.78, 5) is 30.8. The predicted molar refractivity (Wildman–Crippen MR) is 111 cm³/mol. The molecule has 0 atom stereocenters. The molecule has 0 N–H and O–H groups in total. The molecular formula is C17H14Br4N2O2. The van der Waals surface area contributed by atoms with Crippen LogP contribution in [0.5, 0.6) is 0 Å². The van der Waals surface area contributed by atoms with E-state index in [9.17, 15) is 9.59 Å². The van der Waals surface area contributed by atoms with Gasteiger partial charge in [-0.25, -0.2) is 0 Å². The molecule has 0 saturated heterocycles. The molecule has 0 bridgehead atoms. The first-order valence-corrected chi connectivity index (χ1v) is 10.2. The number of rotatable bonds is 0. The largest absolute Gasteiger partial charge is 0.299 e. The van der Waals surface area contributed by atoms with Crippen LogP contribution in [0.25, 0.3) is 0 Å². The van der Waals surface area contributed by atoms with Gasteiger partial charge in [0.25, 0.3) is 0 Å². The number of Topliss-reactive ketones (excluding diaryl/α,β-unsaturated/α-hetero) is 2. The van der Waals surface area contributed by atoms with Gasteiger partial charge in [0.2, 0.25) is 0 Å². The number of hydrogen-bond acceptors (Lipinski definition) is 4. The Hall–Kier alpha value is -0.440. The van der Waals surface area contributed by atoms with Gasteiger partial charge in [0, 0.05) is 39.7 Å². The van der Waals surface area contributed by atoms with Gasteiger partial charge in [-0.15, -0.1) is 0 Å². The molecule has 0 unspecified atom stereocenters. The van der Waals surface area contributed by atoms with Crippen molar-refractivity contribution in [1.29, 1.82) is 0 Å². The third-order valence-electron chi connectivity index (χ3n) is 3.73. The zero-order chi connectivity index (χ0) is 17.5. The number of ketones is 2. The molecule has 4 rings (SSSR count). The first-order chi connectivity index (χ1) is 11.3. The van der Waals surface area contributed by atoms with E-state index < -0.39 is 3.23 Å². The highest BCUT2D eigenvalue weighted by molar-refractivity contribution is 9.25. The summed E-state index contributed by atoms with van der Waals surface area (Å²) < 4.78 is 1.10. The van der Waals surface area contributed by atoms with Crippen LogP contribution in [0.2, 0.25) is 0 Å². The summed E-state index contributed by atoms with van der Waals surface area (Å²) in [6, 6.07) is 3.87. The van der Waals surface area contributed by atoms with Gasteiger partial charge >= 0.3 is 0 Å². The maximum atomic E-state index is 11.5. The lowest BCUT2D eigenvalue weighted by Gasteiger charge is -2.11. The standard InChI is InChI=1S/C8H4Br3NO.C8H6BrNO.CH4/c9-4-1-5-6(12-3-4)2-7(13)8(5,10)11;9-6-1-5-2-7(11)3-8(5)10-4-6;/h1,3H,2H2;1,4H,2-3H2;1H4. The molecular weight excluding hydrogens is 584 g/mol. The lowest BCUT2D eigenvalue weighted by molar-refractivity contribution is -0.118. The summed E-state index contributed by atoms with van der Waals surface area (Å²) in [7, 11) is 0. The Labute approximate surface area is 179 Å². The highest BCUT2D eigenvalue weighted by atomic mass is 79.9. The molecule has 8 heteroatoms. The minimum absolute atomic E-state index is 0. The highest BCUT2D eigenvalue weighted by Crippen LogP contribution is 2.46. The Balaban J connectivity index is 0.000000175. The fourth-order valence-corrected chi connectivity index (χ4v) is 4.25. The molecule has 0 fully saturated rings. The molecule has 0 aliphatic heterocycles. The van der Waals surface area contributed by atoms with Crippen molar-refractivity contribution in [3.8, 4) is 0 Å². The second kappa shape index (κ2) is 8.06. The fraction of sp³-hybridized carbons (Fsp3) is 0.294. The fourth-order valence-electron chi connectivity index (χ4n) is 2.58. The Morgan fingerprint density at radius 2 is 1.48 bits per heavy atom. The Kier molecular flexibility index (Phi) is 6.73. The van der Waals surface area contributed by atoms with Gasteiger partial charge in [0.05, 0.1) is 17.8 Å². The van der Waals surface area contributed by atoms with Gasteiger partial charge < -0.3 is 0 Å². The molecule has 0 radical (unpaired) electrons. The topological polar surface area (TPSA) is 59.9 Å². The van der Waals surface area contributed by atoms with Crippen LogP contribution in [0.15, 0.2) is 33.5 Å². The quantitative estimate of drug-likeness (QED) is 0.399.